The number of carbonyl (C=O) groups excluding carboxylic acids is 1. The van der Waals surface area contributed by atoms with E-state index in [0.29, 0.717) is 39.5 Å². The minimum Gasteiger partial charge on any atom is -0.373 e. The Labute approximate surface area is 234 Å². The molecular formula is C28H31F2N9O. The first kappa shape index (κ1) is 21.8. The topological polar surface area (TPSA) is 104 Å². The van der Waals surface area contributed by atoms with Crippen LogP contribution in [0.5, 0.6) is 0 Å². The van der Waals surface area contributed by atoms with Gasteiger partial charge in [-0.25, -0.2) is 28.2 Å². The van der Waals surface area contributed by atoms with Crippen molar-refractivity contribution in [3.8, 4) is 11.4 Å². The predicted octanol–water partition coefficient (Wildman–Crippen LogP) is 3.90. The number of amides is 1. The fraction of sp³-hybridized carbons (Fsp3) is 0.464. The quantitative estimate of drug-likeness (QED) is 0.373. The van der Waals surface area contributed by atoms with Crippen molar-refractivity contribution in [3.63, 3.8) is 0 Å². The Bertz CT molecular complexity index is 1710. The summed E-state index contributed by atoms with van der Waals surface area (Å²) in [5.41, 5.74) is 2.13. The number of nitrogens with zero attached hydrogens (tertiary/aromatic N) is 7. The van der Waals surface area contributed by atoms with E-state index in [1.54, 1.807) is 10.6 Å². The van der Waals surface area contributed by atoms with Crippen molar-refractivity contribution in [2.45, 2.75) is 38.2 Å². The maximum atomic E-state index is 13.3. The third-order valence-corrected chi connectivity index (χ3v) is 8.36. The molecule has 1 saturated carbocycles. The highest BCUT2D eigenvalue weighted by atomic mass is 19.3. The molecule has 1 aliphatic carbocycles. The van der Waals surface area contributed by atoms with Gasteiger partial charge in [0.25, 0.3) is 5.92 Å². The molecule has 0 radical (unpaired) electrons. The minimum absolute atomic E-state index is 0.0391. The van der Waals surface area contributed by atoms with Crippen molar-refractivity contribution in [1.29, 1.82) is 0 Å². The fourth-order valence-corrected chi connectivity index (χ4v) is 5.86. The summed E-state index contributed by atoms with van der Waals surface area (Å²) in [5.74, 6) is -1.49. The number of carbonyl (C=O) groups is 1. The third-order valence-electron chi connectivity index (χ3n) is 8.36. The van der Waals surface area contributed by atoms with Gasteiger partial charge in [-0.05, 0) is 43.4 Å². The molecule has 4 aromatic heterocycles. The van der Waals surface area contributed by atoms with Gasteiger partial charge in [-0.15, -0.1) is 5.10 Å². The number of fused-ring (bicyclic) bond motifs is 2. The van der Waals surface area contributed by atoms with Gasteiger partial charge in [0, 0.05) is 64.9 Å². The van der Waals surface area contributed by atoms with Crippen LogP contribution in [0.15, 0.2) is 36.8 Å². The molecule has 3 fully saturated rings. The van der Waals surface area contributed by atoms with Crippen LogP contribution in [0.2, 0.25) is 0 Å². The van der Waals surface area contributed by atoms with E-state index in [4.69, 9.17) is 14.2 Å². The molecule has 2 aliphatic heterocycles. The van der Waals surface area contributed by atoms with E-state index in [9.17, 15) is 13.6 Å². The standard InChI is InChI=1S/C28H31F2N9O/c1-16-9-19(16)27(40)34-23-10-20-21(11-32-23)25(31-2)33-12-22(20)26-35-24-4-3-18(13-39(24)36-26)37-7-5-17(6-8-37)38-14-28(29,30)15-38/h3-4,10-13,16-17,19H,5-9,14-15H2,1-2H3,(H,31,33)(H,32,34,40)/t16-,19+/m1/s1/i2D3. The number of nitrogens with one attached hydrogen (secondary N) is 2. The van der Waals surface area contributed by atoms with Crippen LogP contribution < -0.4 is 15.5 Å². The molecule has 40 heavy (non-hydrogen) atoms. The Hall–Kier alpha value is -3.93. The van der Waals surface area contributed by atoms with Crippen LogP contribution in [0, 0.1) is 11.8 Å². The minimum atomic E-state index is -2.55. The van der Waals surface area contributed by atoms with Crippen LogP contribution in [0.4, 0.5) is 26.1 Å². The molecule has 12 heteroatoms. The van der Waals surface area contributed by atoms with Gasteiger partial charge in [0.05, 0.1) is 25.0 Å². The Kier molecular flexibility index (Phi) is 5.09. The van der Waals surface area contributed by atoms with Gasteiger partial charge in [-0.2, -0.15) is 0 Å². The molecule has 0 bridgehead atoms. The first-order chi connectivity index (χ1) is 20.4. The van der Waals surface area contributed by atoms with Crippen LogP contribution >= 0.6 is 0 Å². The lowest BCUT2D eigenvalue weighted by molar-refractivity contribution is -0.148. The van der Waals surface area contributed by atoms with Crippen LogP contribution in [-0.2, 0) is 4.79 Å². The third kappa shape index (κ3) is 4.49. The molecule has 2 saturated heterocycles. The van der Waals surface area contributed by atoms with Crippen molar-refractivity contribution in [1.82, 2.24) is 29.5 Å². The molecule has 2 atom stereocenters. The summed E-state index contributed by atoms with van der Waals surface area (Å²) in [5, 5.41) is 11.1. The highest BCUT2D eigenvalue weighted by molar-refractivity contribution is 6.03. The van der Waals surface area contributed by atoms with E-state index in [0.717, 1.165) is 38.0 Å². The lowest BCUT2D eigenvalue weighted by Crippen LogP contribution is -2.61. The summed E-state index contributed by atoms with van der Waals surface area (Å²) in [7, 11) is 0. The molecule has 2 N–H and O–H groups in total. The SMILES string of the molecule is [2H]C([2H])([2H])Nc1ncc(-c2nc3ccc(N4CCC(N5CC(F)(F)C5)CC4)cn3n2)c2cc(NC(=O)[C@H]3C[C@H]3C)ncc12. The first-order valence-electron chi connectivity index (χ1n) is 15.0. The lowest BCUT2D eigenvalue weighted by atomic mass is 9.98. The number of likely N-dealkylation sites (tertiary alicyclic amines) is 1. The number of rotatable bonds is 6. The molecule has 0 aromatic carbocycles. The van der Waals surface area contributed by atoms with E-state index in [2.05, 4.69) is 25.5 Å². The van der Waals surface area contributed by atoms with E-state index in [1.165, 1.54) is 12.4 Å². The number of hydrogen-bond acceptors (Lipinski definition) is 8. The molecule has 3 aliphatic rings. The summed E-state index contributed by atoms with van der Waals surface area (Å²) in [6, 6.07) is 5.72. The summed E-state index contributed by atoms with van der Waals surface area (Å²) < 4.78 is 51.3. The van der Waals surface area contributed by atoms with Gasteiger partial charge >= 0.3 is 0 Å². The largest absolute Gasteiger partial charge is 0.373 e. The number of halogens is 2. The summed E-state index contributed by atoms with van der Waals surface area (Å²) in [6.45, 7) is 0.773. The van der Waals surface area contributed by atoms with E-state index in [1.807, 2.05) is 30.2 Å². The highest BCUT2D eigenvalue weighted by Crippen LogP contribution is 2.39. The van der Waals surface area contributed by atoms with Gasteiger partial charge in [0.15, 0.2) is 11.5 Å². The molecule has 1 amide bonds. The van der Waals surface area contributed by atoms with Crippen molar-refractivity contribution >= 4 is 39.6 Å². The van der Waals surface area contributed by atoms with Crippen molar-refractivity contribution in [3.05, 3.63) is 36.8 Å². The Balaban J connectivity index is 1.17. The van der Waals surface area contributed by atoms with E-state index < -0.39 is 12.9 Å². The second kappa shape index (κ2) is 9.33. The molecule has 208 valence electrons. The van der Waals surface area contributed by atoms with Gasteiger partial charge in [-0.1, -0.05) is 6.92 Å². The number of anilines is 3. The van der Waals surface area contributed by atoms with Crippen molar-refractivity contribution < 1.29 is 17.7 Å². The highest BCUT2D eigenvalue weighted by Gasteiger charge is 2.47. The number of piperidine rings is 1. The Morgan fingerprint density at radius 1 is 1.15 bits per heavy atom. The summed E-state index contributed by atoms with van der Waals surface area (Å²) >= 11 is 0. The van der Waals surface area contributed by atoms with Gasteiger partial charge in [0.1, 0.15) is 11.6 Å². The van der Waals surface area contributed by atoms with Crippen LogP contribution in [0.1, 0.15) is 30.3 Å². The second-order valence-corrected chi connectivity index (χ2v) is 11.2. The zero-order chi connectivity index (χ0) is 30.1. The summed E-state index contributed by atoms with van der Waals surface area (Å²) in [6.07, 6.45) is 7.38. The zero-order valence-corrected chi connectivity index (χ0v) is 21.9. The van der Waals surface area contributed by atoms with Crippen molar-refractivity contribution in [2.24, 2.45) is 11.8 Å². The van der Waals surface area contributed by atoms with Gasteiger partial charge in [0.2, 0.25) is 5.91 Å². The molecule has 0 spiro atoms. The van der Waals surface area contributed by atoms with Crippen molar-refractivity contribution in [2.75, 3.05) is 48.7 Å². The lowest BCUT2D eigenvalue weighted by Gasteiger charge is -2.47. The Morgan fingerprint density at radius 3 is 2.67 bits per heavy atom. The average molecular weight is 551 g/mol. The number of pyridine rings is 3. The van der Waals surface area contributed by atoms with Crippen LogP contribution in [0.3, 0.4) is 0 Å². The maximum absolute atomic E-state index is 13.3. The molecule has 10 nitrogen and oxygen atoms in total. The number of hydrogen-bond donors (Lipinski definition) is 2. The average Bonchev–Trinajstić information content (AvgIpc) is 3.53. The monoisotopic (exact) mass is 550 g/mol. The molecular weight excluding hydrogens is 516 g/mol. The molecule has 7 rings (SSSR count). The van der Waals surface area contributed by atoms with Gasteiger partial charge in [-0.3, -0.25) is 9.69 Å². The predicted molar refractivity (Wildman–Crippen MR) is 149 cm³/mol. The molecule has 4 aromatic rings. The van der Waals surface area contributed by atoms with E-state index in [-0.39, 0.29) is 36.8 Å². The fourth-order valence-electron chi connectivity index (χ4n) is 5.86. The second-order valence-electron chi connectivity index (χ2n) is 11.2. The maximum Gasteiger partial charge on any atom is 0.272 e. The van der Waals surface area contributed by atoms with Gasteiger partial charge < -0.3 is 15.5 Å². The summed E-state index contributed by atoms with van der Waals surface area (Å²) in [4.78, 5) is 30.1. The molecule has 6 heterocycles. The van der Waals surface area contributed by atoms with E-state index >= 15 is 0 Å². The zero-order valence-electron chi connectivity index (χ0n) is 24.9. The molecule has 0 unspecified atom stereocenters. The number of alkyl halides is 2. The normalized spacial score (nSPS) is 24.3. The Morgan fingerprint density at radius 2 is 1.95 bits per heavy atom. The number of aromatic nitrogens is 5. The van der Waals surface area contributed by atoms with Crippen LogP contribution in [0.25, 0.3) is 27.8 Å². The first-order valence-corrected chi connectivity index (χ1v) is 13.5. The van der Waals surface area contributed by atoms with Crippen LogP contribution in [-0.4, -0.2) is 80.5 Å². The smallest absolute Gasteiger partial charge is 0.272 e.